The normalized spacial score (nSPS) is 15.8. The van der Waals surface area contributed by atoms with Gasteiger partial charge < -0.3 is 10.6 Å². The third kappa shape index (κ3) is 5.54. The topological polar surface area (TPSA) is 73.8 Å². The lowest BCUT2D eigenvalue weighted by atomic mass is 10.2. The highest BCUT2D eigenvalue weighted by Crippen LogP contribution is 2.21. The number of benzene rings is 2. The van der Waals surface area contributed by atoms with Crippen LogP contribution in [0.5, 0.6) is 0 Å². The molecular weight excluding hydrogens is 410 g/mol. The summed E-state index contributed by atoms with van der Waals surface area (Å²) in [6.45, 7) is 1.50. The zero-order valence-electron chi connectivity index (χ0n) is 16.9. The Bertz CT molecular complexity index is 1010. The molecule has 0 atom stereocenters. The molecule has 2 N–H and O–H groups in total. The minimum absolute atomic E-state index is 0.0621. The highest BCUT2D eigenvalue weighted by molar-refractivity contribution is 7.89. The smallest absolute Gasteiger partial charge is 0.243 e. The summed E-state index contributed by atoms with van der Waals surface area (Å²) in [5.74, 6) is -0.624. The van der Waals surface area contributed by atoms with E-state index in [1.807, 2.05) is 6.07 Å². The molecule has 0 saturated carbocycles. The van der Waals surface area contributed by atoms with E-state index in [2.05, 4.69) is 15.6 Å². The first-order chi connectivity index (χ1) is 14.4. The van der Waals surface area contributed by atoms with Crippen LogP contribution in [0, 0.1) is 11.6 Å². The molecule has 0 amide bonds. The van der Waals surface area contributed by atoms with Crippen molar-refractivity contribution in [3.8, 4) is 0 Å². The molecule has 0 bridgehead atoms. The van der Waals surface area contributed by atoms with Gasteiger partial charge in [0.25, 0.3) is 0 Å². The van der Waals surface area contributed by atoms with Crippen LogP contribution in [0.15, 0.2) is 52.4 Å². The summed E-state index contributed by atoms with van der Waals surface area (Å²) < 4.78 is 54.3. The van der Waals surface area contributed by atoms with Crippen molar-refractivity contribution in [2.24, 2.45) is 4.99 Å². The van der Waals surface area contributed by atoms with Gasteiger partial charge in [-0.2, -0.15) is 4.31 Å². The Balaban J connectivity index is 1.62. The Hall–Kier alpha value is -2.52. The van der Waals surface area contributed by atoms with E-state index in [0.717, 1.165) is 43.0 Å². The Kier molecular flexibility index (Phi) is 7.38. The molecule has 0 aliphatic carbocycles. The minimum Gasteiger partial charge on any atom is -0.352 e. The lowest BCUT2D eigenvalue weighted by molar-refractivity contribution is 0.346. The predicted octanol–water partition coefficient (Wildman–Crippen LogP) is 3.00. The molecule has 30 heavy (non-hydrogen) atoms. The molecule has 1 fully saturated rings. The van der Waals surface area contributed by atoms with Crippen LogP contribution in [-0.2, 0) is 23.1 Å². The molecule has 1 aliphatic heterocycles. The Morgan fingerprint density at radius 1 is 1.03 bits per heavy atom. The van der Waals surface area contributed by atoms with Crippen molar-refractivity contribution in [2.75, 3.05) is 20.1 Å². The van der Waals surface area contributed by atoms with Gasteiger partial charge in [-0.25, -0.2) is 17.2 Å². The van der Waals surface area contributed by atoms with Crippen LogP contribution in [0.25, 0.3) is 0 Å². The standard InChI is InChI=1S/C21H26F2N4O2S/c1-24-21(26-15-17-13-18(22)8-9-20(17)23)25-14-16-6-5-7-19(12-16)30(28,29)27-10-3-2-4-11-27/h5-9,12-13H,2-4,10-11,14-15H2,1H3,(H2,24,25,26). The van der Waals surface area contributed by atoms with Gasteiger partial charge in [-0.1, -0.05) is 18.6 Å². The van der Waals surface area contributed by atoms with E-state index in [1.165, 1.54) is 4.31 Å². The van der Waals surface area contributed by atoms with Crippen molar-refractivity contribution < 1.29 is 17.2 Å². The maximum absolute atomic E-state index is 13.8. The molecule has 2 aromatic carbocycles. The molecule has 9 heteroatoms. The third-order valence-corrected chi connectivity index (χ3v) is 6.88. The van der Waals surface area contributed by atoms with Crippen LogP contribution in [0.3, 0.4) is 0 Å². The van der Waals surface area contributed by atoms with Crippen LogP contribution in [0.2, 0.25) is 0 Å². The number of aliphatic imine (C=N–C) groups is 1. The average Bonchev–Trinajstić information content (AvgIpc) is 2.77. The monoisotopic (exact) mass is 436 g/mol. The highest BCUT2D eigenvalue weighted by atomic mass is 32.2. The van der Waals surface area contributed by atoms with E-state index >= 15 is 0 Å². The van der Waals surface area contributed by atoms with Gasteiger partial charge in [0.05, 0.1) is 4.90 Å². The van der Waals surface area contributed by atoms with Crippen molar-refractivity contribution in [3.05, 3.63) is 65.2 Å². The number of nitrogens with one attached hydrogen (secondary N) is 2. The number of piperidine rings is 1. The average molecular weight is 437 g/mol. The second-order valence-electron chi connectivity index (χ2n) is 7.13. The van der Waals surface area contributed by atoms with Gasteiger partial charge in [-0.05, 0) is 48.7 Å². The van der Waals surface area contributed by atoms with Gasteiger partial charge in [0.1, 0.15) is 11.6 Å². The number of nitrogens with zero attached hydrogens (tertiary/aromatic N) is 2. The third-order valence-electron chi connectivity index (χ3n) is 4.99. The van der Waals surface area contributed by atoms with E-state index in [1.54, 1.807) is 25.2 Å². The Morgan fingerprint density at radius 2 is 1.77 bits per heavy atom. The van der Waals surface area contributed by atoms with Crippen molar-refractivity contribution in [2.45, 2.75) is 37.2 Å². The molecule has 162 valence electrons. The van der Waals surface area contributed by atoms with Crippen molar-refractivity contribution in [1.82, 2.24) is 14.9 Å². The molecule has 1 saturated heterocycles. The molecule has 6 nitrogen and oxygen atoms in total. The molecule has 0 radical (unpaired) electrons. The van der Waals surface area contributed by atoms with Crippen molar-refractivity contribution in [1.29, 1.82) is 0 Å². The molecule has 0 spiro atoms. The Morgan fingerprint density at radius 3 is 2.50 bits per heavy atom. The van der Waals surface area contributed by atoms with Crippen LogP contribution in [-0.4, -0.2) is 38.8 Å². The minimum atomic E-state index is -3.50. The summed E-state index contributed by atoms with van der Waals surface area (Å²) in [4.78, 5) is 4.34. The van der Waals surface area contributed by atoms with Gasteiger partial charge in [-0.15, -0.1) is 0 Å². The first-order valence-corrected chi connectivity index (χ1v) is 11.3. The fourth-order valence-electron chi connectivity index (χ4n) is 3.33. The molecule has 3 rings (SSSR count). The lowest BCUT2D eigenvalue weighted by Crippen LogP contribution is -2.37. The van der Waals surface area contributed by atoms with Crippen LogP contribution >= 0.6 is 0 Å². The van der Waals surface area contributed by atoms with Crippen LogP contribution in [0.1, 0.15) is 30.4 Å². The summed E-state index contributed by atoms with van der Waals surface area (Å²) in [5.41, 5.74) is 0.959. The number of halogens is 2. The van der Waals surface area contributed by atoms with Gasteiger partial charge in [0, 0.05) is 38.8 Å². The fraction of sp³-hybridized carbons (Fsp3) is 0.381. The van der Waals surface area contributed by atoms with E-state index < -0.39 is 21.7 Å². The first-order valence-electron chi connectivity index (χ1n) is 9.87. The summed E-state index contributed by atoms with van der Waals surface area (Å²) in [6, 6.07) is 10.1. The van der Waals surface area contributed by atoms with Gasteiger partial charge in [0.2, 0.25) is 10.0 Å². The van der Waals surface area contributed by atoms with Crippen LogP contribution < -0.4 is 10.6 Å². The van der Waals surface area contributed by atoms with Gasteiger partial charge in [0.15, 0.2) is 5.96 Å². The van der Waals surface area contributed by atoms with E-state index in [-0.39, 0.29) is 17.0 Å². The number of guanidine groups is 1. The lowest BCUT2D eigenvalue weighted by Gasteiger charge is -2.26. The van der Waals surface area contributed by atoms with Crippen molar-refractivity contribution in [3.63, 3.8) is 0 Å². The van der Waals surface area contributed by atoms with Crippen molar-refractivity contribution >= 4 is 16.0 Å². The number of hydrogen-bond donors (Lipinski definition) is 2. The molecule has 0 aromatic heterocycles. The van der Waals surface area contributed by atoms with Gasteiger partial charge >= 0.3 is 0 Å². The molecule has 1 aliphatic rings. The van der Waals surface area contributed by atoms with E-state index in [0.29, 0.717) is 25.6 Å². The second kappa shape index (κ2) is 9.99. The predicted molar refractivity (Wildman–Crippen MR) is 112 cm³/mol. The maximum Gasteiger partial charge on any atom is 0.243 e. The summed E-state index contributed by atoms with van der Waals surface area (Å²) >= 11 is 0. The quantitative estimate of drug-likeness (QED) is 0.539. The first kappa shape index (κ1) is 22.2. The summed E-state index contributed by atoms with van der Waals surface area (Å²) in [5, 5.41) is 5.99. The largest absolute Gasteiger partial charge is 0.352 e. The molecule has 1 heterocycles. The molecule has 2 aromatic rings. The fourth-order valence-corrected chi connectivity index (χ4v) is 4.92. The maximum atomic E-state index is 13.8. The number of hydrogen-bond acceptors (Lipinski definition) is 3. The van der Waals surface area contributed by atoms with Crippen LogP contribution in [0.4, 0.5) is 8.78 Å². The Labute approximate surface area is 176 Å². The summed E-state index contributed by atoms with van der Waals surface area (Å²) in [7, 11) is -1.94. The number of rotatable bonds is 6. The van der Waals surface area contributed by atoms with E-state index in [9.17, 15) is 17.2 Å². The highest BCUT2D eigenvalue weighted by Gasteiger charge is 2.25. The second-order valence-corrected chi connectivity index (χ2v) is 9.07. The zero-order valence-corrected chi connectivity index (χ0v) is 17.7. The van der Waals surface area contributed by atoms with Gasteiger partial charge in [-0.3, -0.25) is 4.99 Å². The molecule has 0 unspecified atom stereocenters. The van der Waals surface area contributed by atoms with E-state index in [4.69, 9.17) is 0 Å². The summed E-state index contributed by atoms with van der Waals surface area (Å²) in [6.07, 6.45) is 2.82. The SMILES string of the molecule is CN=C(NCc1cccc(S(=O)(=O)N2CCCCC2)c1)NCc1cc(F)ccc1F. The molecular formula is C21H26F2N4O2S. The number of sulfonamides is 1. The zero-order chi connectivity index (χ0) is 21.6.